The number of aryl methyl sites for hydroxylation is 1. The minimum atomic E-state index is -3.17. The van der Waals surface area contributed by atoms with Crippen LogP contribution in [0.5, 0.6) is 0 Å². The maximum absolute atomic E-state index is 12.5. The number of fused-ring (bicyclic) bond motifs is 1. The molecule has 6 heteroatoms. The van der Waals surface area contributed by atoms with Gasteiger partial charge in [0.2, 0.25) is 10.0 Å². The highest BCUT2D eigenvalue weighted by molar-refractivity contribution is 7.88. The standard InChI is InChI=1S/C14H20N2O2S.ClH/c1-11-3-2-4-12(5-11)10-19(17,18)16-8-13-6-15-7-14(13)9-16;/h2-5,13-15H,6-10H2,1H3;1H/t13-,14+;. The summed E-state index contributed by atoms with van der Waals surface area (Å²) in [4.78, 5) is 0. The van der Waals surface area contributed by atoms with Crippen LogP contribution in [0.25, 0.3) is 0 Å². The van der Waals surface area contributed by atoms with Gasteiger partial charge in [-0.2, -0.15) is 0 Å². The summed E-state index contributed by atoms with van der Waals surface area (Å²) in [5.74, 6) is 1.14. The first-order valence-electron chi connectivity index (χ1n) is 6.79. The number of hydrogen-bond donors (Lipinski definition) is 1. The van der Waals surface area contributed by atoms with E-state index in [1.54, 1.807) is 4.31 Å². The summed E-state index contributed by atoms with van der Waals surface area (Å²) in [6.07, 6.45) is 0. The number of halogens is 1. The molecule has 2 saturated heterocycles. The minimum Gasteiger partial charge on any atom is -0.316 e. The van der Waals surface area contributed by atoms with Crippen molar-refractivity contribution in [2.24, 2.45) is 11.8 Å². The Balaban J connectivity index is 0.00000147. The molecular weight excluding hydrogens is 296 g/mol. The molecule has 3 rings (SSSR count). The quantitative estimate of drug-likeness (QED) is 0.917. The third-order valence-electron chi connectivity index (χ3n) is 4.18. The summed E-state index contributed by atoms with van der Waals surface area (Å²) >= 11 is 0. The average Bonchev–Trinajstić information content (AvgIpc) is 2.87. The van der Waals surface area contributed by atoms with Crippen LogP contribution in [-0.4, -0.2) is 38.9 Å². The van der Waals surface area contributed by atoms with E-state index >= 15 is 0 Å². The molecule has 0 aliphatic carbocycles. The lowest BCUT2D eigenvalue weighted by atomic mass is 10.0. The van der Waals surface area contributed by atoms with Crippen molar-refractivity contribution in [2.75, 3.05) is 26.2 Å². The lowest BCUT2D eigenvalue weighted by molar-refractivity contribution is 0.447. The van der Waals surface area contributed by atoms with Crippen molar-refractivity contribution in [3.8, 4) is 0 Å². The number of benzene rings is 1. The van der Waals surface area contributed by atoms with Gasteiger partial charge in [0.05, 0.1) is 5.75 Å². The van der Waals surface area contributed by atoms with Crippen LogP contribution in [0, 0.1) is 18.8 Å². The van der Waals surface area contributed by atoms with Crippen LogP contribution < -0.4 is 5.32 Å². The van der Waals surface area contributed by atoms with Crippen LogP contribution in [0.3, 0.4) is 0 Å². The second-order valence-corrected chi connectivity index (χ2v) is 7.71. The molecule has 2 aliphatic rings. The van der Waals surface area contributed by atoms with E-state index in [4.69, 9.17) is 0 Å². The average molecular weight is 317 g/mol. The van der Waals surface area contributed by atoms with Crippen molar-refractivity contribution in [3.63, 3.8) is 0 Å². The van der Waals surface area contributed by atoms with Gasteiger partial charge in [-0.25, -0.2) is 12.7 Å². The molecule has 1 aromatic rings. The molecule has 0 bridgehead atoms. The van der Waals surface area contributed by atoms with Gasteiger partial charge in [0.15, 0.2) is 0 Å². The van der Waals surface area contributed by atoms with Crippen molar-refractivity contribution in [2.45, 2.75) is 12.7 Å². The highest BCUT2D eigenvalue weighted by Crippen LogP contribution is 2.29. The van der Waals surface area contributed by atoms with Crippen LogP contribution >= 0.6 is 12.4 Å². The highest BCUT2D eigenvalue weighted by Gasteiger charge is 2.40. The van der Waals surface area contributed by atoms with Crippen LogP contribution in [0.1, 0.15) is 11.1 Å². The molecule has 4 nitrogen and oxygen atoms in total. The maximum Gasteiger partial charge on any atom is 0.218 e. The van der Waals surface area contributed by atoms with E-state index < -0.39 is 10.0 Å². The Morgan fingerprint density at radius 3 is 2.50 bits per heavy atom. The minimum absolute atomic E-state index is 0. The molecule has 2 fully saturated rings. The van der Waals surface area contributed by atoms with Gasteiger partial charge in [-0.05, 0) is 37.4 Å². The molecular formula is C14H21ClN2O2S. The Hall–Kier alpha value is -0.620. The fourth-order valence-corrected chi connectivity index (χ4v) is 4.76. The molecule has 0 radical (unpaired) electrons. The SMILES string of the molecule is Cc1cccc(CS(=O)(=O)N2C[C@H]3CNC[C@H]3C2)c1.Cl. The van der Waals surface area contributed by atoms with E-state index in [1.165, 1.54) is 0 Å². The van der Waals surface area contributed by atoms with Gasteiger partial charge in [0.25, 0.3) is 0 Å². The predicted octanol–water partition coefficient (Wildman–Crippen LogP) is 1.40. The van der Waals surface area contributed by atoms with Gasteiger partial charge >= 0.3 is 0 Å². The lowest BCUT2D eigenvalue weighted by Gasteiger charge is -2.17. The molecule has 20 heavy (non-hydrogen) atoms. The second kappa shape index (κ2) is 6.02. The van der Waals surface area contributed by atoms with Crippen molar-refractivity contribution in [1.29, 1.82) is 0 Å². The number of sulfonamides is 1. The smallest absolute Gasteiger partial charge is 0.218 e. The van der Waals surface area contributed by atoms with Gasteiger partial charge in [-0.3, -0.25) is 0 Å². The van der Waals surface area contributed by atoms with Crippen molar-refractivity contribution in [1.82, 2.24) is 9.62 Å². The molecule has 0 unspecified atom stereocenters. The molecule has 0 amide bonds. The van der Waals surface area contributed by atoms with Gasteiger partial charge in [-0.1, -0.05) is 29.8 Å². The Kier molecular flexibility index (Phi) is 4.74. The normalized spacial score (nSPS) is 26.2. The number of hydrogen-bond acceptors (Lipinski definition) is 3. The molecule has 1 N–H and O–H groups in total. The largest absolute Gasteiger partial charge is 0.316 e. The van der Waals surface area contributed by atoms with Gasteiger partial charge < -0.3 is 5.32 Å². The van der Waals surface area contributed by atoms with Gasteiger partial charge in [0.1, 0.15) is 0 Å². The third-order valence-corrected chi connectivity index (χ3v) is 5.96. The van der Waals surface area contributed by atoms with E-state index in [0.29, 0.717) is 24.9 Å². The first kappa shape index (κ1) is 15.8. The fourth-order valence-electron chi connectivity index (χ4n) is 3.14. The number of rotatable bonds is 3. The first-order valence-corrected chi connectivity index (χ1v) is 8.39. The summed E-state index contributed by atoms with van der Waals surface area (Å²) < 4.78 is 26.6. The van der Waals surface area contributed by atoms with E-state index in [-0.39, 0.29) is 18.2 Å². The maximum atomic E-state index is 12.5. The Labute approximate surface area is 127 Å². The topological polar surface area (TPSA) is 49.4 Å². The zero-order valence-electron chi connectivity index (χ0n) is 11.6. The molecule has 1 aromatic carbocycles. The Morgan fingerprint density at radius 1 is 1.25 bits per heavy atom. The fraction of sp³-hybridized carbons (Fsp3) is 0.571. The summed E-state index contributed by atoms with van der Waals surface area (Å²) in [5.41, 5.74) is 1.99. The molecule has 2 heterocycles. The van der Waals surface area contributed by atoms with E-state index in [0.717, 1.165) is 24.2 Å². The summed E-state index contributed by atoms with van der Waals surface area (Å²) in [7, 11) is -3.17. The molecule has 2 atom stereocenters. The Morgan fingerprint density at radius 2 is 1.90 bits per heavy atom. The highest BCUT2D eigenvalue weighted by atomic mass is 35.5. The van der Waals surface area contributed by atoms with Crippen molar-refractivity contribution in [3.05, 3.63) is 35.4 Å². The van der Waals surface area contributed by atoms with Gasteiger partial charge in [-0.15, -0.1) is 12.4 Å². The van der Waals surface area contributed by atoms with Crippen LogP contribution in [0.2, 0.25) is 0 Å². The molecule has 112 valence electrons. The number of nitrogens with one attached hydrogen (secondary N) is 1. The van der Waals surface area contributed by atoms with Crippen LogP contribution in [0.4, 0.5) is 0 Å². The Bertz CT molecular complexity index is 564. The summed E-state index contributed by atoms with van der Waals surface area (Å²) in [6.45, 7) is 5.28. The lowest BCUT2D eigenvalue weighted by Crippen LogP contribution is -2.32. The van der Waals surface area contributed by atoms with Crippen LogP contribution in [0.15, 0.2) is 24.3 Å². The molecule has 0 aromatic heterocycles. The van der Waals surface area contributed by atoms with Crippen molar-refractivity contribution >= 4 is 22.4 Å². The zero-order chi connectivity index (χ0) is 13.5. The van der Waals surface area contributed by atoms with Crippen molar-refractivity contribution < 1.29 is 8.42 Å². The van der Waals surface area contributed by atoms with E-state index in [2.05, 4.69) is 5.32 Å². The summed E-state index contributed by atoms with van der Waals surface area (Å²) in [5, 5.41) is 3.33. The molecule has 0 saturated carbocycles. The first-order chi connectivity index (χ1) is 9.04. The second-order valence-electron chi connectivity index (χ2n) is 5.74. The predicted molar refractivity (Wildman–Crippen MR) is 82.5 cm³/mol. The van der Waals surface area contributed by atoms with E-state index in [1.807, 2.05) is 31.2 Å². The van der Waals surface area contributed by atoms with Crippen LogP contribution in [-0.2, 0) is 15.8 Å². The molecule has 2 aliphatic heterocycles. The monoisotopic (exact) mass is 316 g/mol. The third kappa shape index (κ3) is 3.17. The molecule has 0 spiro atoms. The number of nitrogens with zero attached hydrogens (tertiary/aromatic N) is 1. The summed E-state index contributed by atoms with van der Waals surface area (Å²) in [6, 6.07) is 7.75. The van der Waals surface area contributed by atoms with Gasteiger partial charge in [0, 0.05) is 13.1 Å². The zero-order valence-corrected chi connectivity index (χ0v) is 13.2. The van der Waals surface area contributed by atoms with E-state index in [9.17, 15) is 8.42 Å².